The third-order valence-corrected chi connectivity index (χ3v) is 2.85. The topological polar surface area (TPSA) is 29.9 Å². The number of rotatable bonds is 4. The highest BCUT2D eigenvalue weighted by Gasteiger charge is 1.99. The minimum Gasteiger partial charge on any atom is -0.383 e. The van der Waals surface area contributed by atoms with Crippen LogP contribution in [0.5, 0.6) is 0 Å². The number of nitrogens with one attached hydrogen (secondary N) is 1. The molecule has 0 fully saturated rings. The molecule has 1 heterocycles. The number of benzene rings is 1. The summed E-state index contributed by atoms with van der Waals surface area (Å²) in [4.78, 5) is 0. The van der Waals surface area contributed by atoms with Crippen molar-refractivity contribution in [2.45, 2.75) is 20.4 Å². The number of nitrogens with zero attached hydrogens (tertiary/aromatic N) is 2. The van der Waals surface area contributed by atoms with Crippen LogP contribution >= 0.6 is 11.6 Å². The fraction of sp³-hybridized carbons (Fsp3) is 0.308. The maximum Gasteiger partial charge on any atom is 0.0596 e. The van der Waals surface area contributed by atoms with Gasteiger partial charge in [0.1, 0.15) is 0 Å². The van der Waals surface area contributed by atoms with E-state index in [2.05, 4.69) is 23.4 Å². The number of hydrogen-bond acceptors (Lipinski definition) is 2. The molecule has 1 aromatic carbocycles. The molecule has 0 saturated heterocycles. The second-order valence-electron chi connectivity index (χ2n) is 4.08. The van der Waals surface area contributed by atoms with E-state index in [9.17, 15) is 0 Å². The van der Waals surface area contributed by atoms with Crippen LogP contribution in [0, 0.1) is 13.8 Å². The first-order valence-electron chi connectivity index (χ1n) is 5.65. The third kappa shape index (κ3) is 3.24. The number of halogens is 1. The Labute approximate surface area is 106 Å². The standard InChI is InChI=1S/C13H16ClN3/c1-10-9-11(2)17(16-10)8-7-15-13-5-3-12(14)4-6-13/h3-6,9,15H,7-8H2,1-2H3. The third-order valence-electron chi connectivity index (χ3n) is 2.60. The Balaban J connectivity index is 1.87. The lowest BCUT2D eigenvalue weighted by atomic mass is 10.3. The summed E-state index contributed by atoms with van der Waals surface area (Å²) in [6.07, 6.45) is 0. The smallest absolute Gasteiger partial charge is 0.0596 e. The van der Waals surface area contributed by atoms with Crippen LogP contribution in [0.3, 0.4) is 0 Å². The summed E-state index contributed by atoms with van der Waals surface area (Å²) < 4.78 is 2.01. The van der Waals surface area contributed by atoms with E-state index in [1.165, 1.54) is 5.69 Å². The first-order chi connectivity index (χ1) is 8.15. The Hall–Kier alpha value is -1.48. The molecule has 17 heavy (non-hydrogen) atoms. The van der Waals surface area contributed by atoms with Crippen molar-refractivity contribution in [3.05, 3.63) is 46.7 Å². The number of hydrogen-bond donors (Lipinski definition) is 1. The van der Waals surface area contributed by atoms with E-state index in [0.717, 1.165) is 29.5 Å². The van der Waals surface area contributed by atoms with E-state index < -0.39 is 0 Å². The molecule has 0 atom stereocenters. The Morgan fingerprint density at radius 1 is 1.24 bits per heavy atom. The molecule has 2 rings (SSSR count). The van der Waals surface area contributed by atoms with Crippen LogP contribution < -0.4 is 5.32 Å². The van der Waals surface area contributed by atoms with Gasteiger partial charge in [0.15, 0.2) is 0 Å². The van der Waals surface area contributed by atoms with Crippen LogP contribution in [0.25, 0.3) is 0 Å². The van der Waals surface area contributed by atoms with Gasteiger partial charge in [-0.3, -0.25) is 4.68 Å². The lowest BCUT2D eigenvalue weighted by Crippen LogP contribution is -2.12. The van der Waals surface area contributed by atoms with Crippen LogP contribution in [-0.2, 0) is 6.54 Å². The van der Waals surface area contributed by atoms with Crippen LogP contribution in [-0.4, -0.2) is 16.3 Å². The van der Waals surface area contributed by atoms with Gasteiger partial charge in [0.2, 0.25) is 0 Å². The van der Waals surface area contributed by atoms with Crippen molar-refractivity contribution in [1.29, 1.82) is 0 Å². The molecular weight excluding hydrogens is 234 g/mol. The molecular formula is C13H16ClN3. The molecule has 0 spiro atoms. The normalized spacial score (nSPS) is 10.5. The Morgan fingerprint density at radius 2 is 1.94 bits per heavy atom. The molecule has 4 heteroatoms. The highest BCUT2D eigenvalue weighted by atomic mass is 35.5. The predicted molar refractivity (Wildman–Crippen MR) is 71.6 cm³/mol. The minimum atomic E-state index is 0.758. The van der Waals surface area contributed by atoms with E-state index in [-0.39, 0.29) is 0 Å². The second kappa shape index (κ2) is 5.23. The predicted octanol–water partition coefficient (Wildman–Crippen LogP) is 3.27. The van der Waals surface area contributed by atoms with Gasteiger partial charge < -0.3 is 5.32 Å². The minimum absolute atomic E-state index is 0.758. The molecule has 2 aromatic rings. The van der Waals surface area contributed by atoms with E-state index in [1.54, 1.807) is 0 Å². The molecule has 90 valence electrons. The largest absolute Gasteiger partial charge is 0.383 e. The number of aromatic nitrogens is 2. The van der Waals surface area contributed by atoms with Gasteiger partial charge in [-0.2, -0.15) is 5.10 Å². The zero-order chi connectivity index (χ0) is 12.3. The molecule has 0 unspecified atom stereocenters. The molecule has 0 bridgehead atoms. The van der Waals surface area contributed by atoms with Gasteiger partial charge in [0.05, 0.1) is 12.2 Å². The molecule has 0 aliphatic rings. The van der Waals surface area contributed by atoms with Crippen LogP contribution in [0.1, 0.15) is 11.4 Å². The van der Waals surface area contributed by atoms with Crippen molar-refractivity contribution < 1.29 is 0 Å². The van der Waals surface area contributed by atoms with Gasteiger partial charge in [-0.15, -0.1) is 0 Å². The molecule has 0 aliphatic carbocycles. The summed E-state index contributed by atoms with van der Waals surface area (Å²) in [5.41, 5.74) is 3.34. The van der Waals surface area contributed by atoms with Gasteiger partial charge in [0, 0.05) is 22.9 Å². The summed E-state index contributed by atoms with van der Waals surface area (Å²) in [5, 5.41) is 8.51. The summed E-state index contributed by atoms with van der Waals surface area (Å²) in [6, 6.07) is 9.80. The van der Waals surface area contributed by atoms with Gasteiger partial charge >= 0.3 is 0 Å². The van der Waals surface area contributed by atoms with Crippen molar-refractivity contribution in [1.82, 2.24) is 9.78 Å². The molecule has 1 N–H and O–H groups in total. The molecule has 0 amide bonds. The maximum absolute atomic E-state index is 5.82. The van der Waals surface area contributed by atoms with Gasteiger partial charge in [0.25, 0.3) is 0 Å². The van der Waals surface area contributed by atoms with Crippen molar-refractivity contribution in [2.24, 2.45) is 0 Å². The zero-order valence-corrected chi connectivity index (χ0v) is 10.8. The summed E-state index contributed by atoms with van der Waals surface area (Å²) in [6.45, 7) is 5.80. The van der Waals surface area contributed by atoms with Gasteiger partial charge in [-0.25, -0.2) is 0 Å². The summed E-state index contributed by atoms with van der Waals surface area (Å²) in [7, 11) is 0. The Bertz CT molecular complexity index is 488. The van der Waals surface area contributed by atoms with Crippen LogP contribution in [0.4, 0.5) is 5.69 Å². The fourth-order valence-corrected chi connectivity index (χ4v) is 1.90. The summed E-state index contributed by atoms with van der Waals surface area (Å²) in [5.74, 6) is 0. The Morgan fingerprint density at radius 3 is 2.53 bits per heavy atom. The highest BCUT2D eigenvalue weighted by Crippen LogP contribution is 2.13. The summed E-state index contributed by atoms with van der Waals surface area (Å²) >= 11 is 5.82. The van der Waals surface area contributed by atoms with E-state index in [0.29, 0.717) is 0 Å². The molecule has 0 radical (unpaired) electrons. The first-order valence-corrected chi connectivity index (χ1v) is 6.03. The highest BCUT2D eigenvalue weighted by molar-refractivity contribution is 6.30. The lowest BCUT2D eigenvalue weighted by molar-refractivity contribution is 0.615. The quantitative estimate of drug-likeness (QED) is 0.901. The van der Waals surface area contributed by atoms with Crippen molar-refractivity contribution in [3.8, 4) is 0 Å². The van der Waals surface area contributed by atoms with Crippen LogP contribution in [0.15, 0.2) is 30.3 Å². The fourth-order valence-electron chi connectivity index (χ4n) is 1.78. The van der Waals surface area contributed by atoms with Gasteiger partial charge in [-0.1, -0.05) is 11.6 Å². The van der Waals surface area contributed by atoms with Crippen molar-refractivity contribution >= 4 is 17.3 Å². The maximum atomic E-state index is 5.82. The number of anilines is 1. The lowest BCUT2D eigenvalue weighted by Gasteiger charge is -2.07. The average Bonchev–Trinajstić information content (AvgIpc) is 2.60. The molecule has 1 aromatic heterocycles. The Kier molecular flexibility index (Phi) is 3.69. The van der Waals surface area contributed by atoms with E-state index >= 15 is 0 Å². The van der Waals surface area contributed by atoms with Gasteiger partial charge in [-0.05, 0) is 44.2 Å². The van der Waals surface area contributed by atoms with Crippen molar-refractivity contribution in [3.63, 3.8) is 0 Å². The molecule has 0 saturated carbocycles. The molecule has 3 nitrogen and oxygen atoms in total. The zero-order valence-electron chi connectivity index (χ0n) is 10.1. The van der Waals surface area contributed by atoms with E-state index in [1.807, 2.05) is 35.9 Å². The SMILES string of the molecule is Cc1cc(C)n(CCNc2ccc(Cl)cc2)n1. The number of aryl methyl sites for hydroxylation is 2. The second-order valence-corrected chi connectivity index (χ2v) is 4.52. The van der Waals surface area contributed by atoms with E-state index in [4.69, 9.17) is 11.6 Å². The van der Waals surface area contributed by atoms with Crippen molar-refractivity contribution in [2.75, 3.05) is 11.9 Å². The first kappa shape index (κ1) is 12.0. The van der Waals surface area contributed by atoms with Crippen LogP contribution in [0.2, 0.25) is 5.02 Å². The monoisotopic (exact) mass is 249 g/mol. The average molecular weight is 250 g/mol. The molecule has 0 aliphatic heterocycles.